The van der Waals surface area contributed by atoms with Crippen LogP contribution in [0.25, 0.3) is 0 Å². The normalized spacial score (nSPS) is 19.0. The van der Waals surface area contributed by atoms with Crippen LogP contribution in [0, 0.1) is 13.8 Å². The number of hydrogen-bond donors (Lipinski definition) is 3. The molecule has 3 amide bonds. The second-order valence-electron chi connectivity index (χ2n) is 9.17. The topological polar surface area (TPSA) is 152 Å². The van der Waals surface area contributed by atoms with Crippen molar-refractivity contribution in [3.63, 3.8) is 0 Å². The number of aromatic nitrogens is 1. The Bertz CT molecular complexity index is 1110. The molecule has 1 fully saturated rings. The van der Waals surface area contributed by atoms with Crippen LogP contribution in [-0.2, 0) is 30.3 Å². The molecule has 11 nitrogen and oxygen atoms in total. The molecule has 1 aromatic carbocycles. The zero-order valence-corrected chi connectivity index (χ0v) is 21.0. The summed E-state index contributed by atoms with van der Waals surface area (Å²) in [6.07, 6.45) is 0.282. The molecule has 0 spiro atoms. The van der Waals surface area contributed by atoms with Gasteiger partial charge in [0.2, 0.25) is 11.8 Å². The molecule has 0 aliphatic carbocycles. The number of nitrogens with zero attached hydrogens (tertiary/aromatic N) is 1. The minimum absolute atomic E-state index is 0.0143. The first-order chi connectivity index (χ1) is 17.0. The zero-order valence-electron chi connectivity index (χ0n) is 21.0. The number of carbonyl (C=O) groups is 4. The summed E-state index contributed by atoms with van der Waals surface area (Å²) in [5, 5.41) is 11.5. The molecule has 3 unspecified atom stereocenters. The molecule has 0 bridgehead atoms. The van der Waals surface area contributed by atoms with Crippen LogP contribution in [0.3, 0.4) is 0 Å². The van der Waals surface area contributed by atoms with Crippen LogP contribution in [0.15, 0.2) is 34.9 Å². The molecule has 2 heterocycles. The number of rotatable bonds is 12. The maximum absolute atomic E-state index is 13.0. The van der Waals surface area contributed by atoms with Gasteiger partial charge in [0.05, 0.1) is 19.3 Å². The highest BCUT2D eigenvalue weighted by Crippen LogP contribution is 2.29. The Hall–Kier alpha value is -3.57. The Morgan fingerprint density at radius 3 is 2.28 bits per heavy atom. The number of nitrogens with one attached hydrogen (secondary N) is 3. The summed E-state index contributed by atoms with van der Waals surface area (Å²) in [5.41, 5.74) is 1.05. The van der Waals surface area contributed by atoms with Crippen molar-refractivity contribution in [3.8, 4) is 0 Å². The van der Waals surface area contributed by atoms with E-state index in [0.29, 0.717) is 12.4 Å². The highest BCUT2D eigenvalue weighted by molar-refractivity contribution is 5.99. The molecule has 1 aliphatic heterocycles. The lowest BCUT2D eigenvalue weighted by Gasteiger charge is -2.24. The predicted molar refractivity (Wildman–Crippen MR) is 128 cm³/mol. The fraction of sp³-hybridized carbons (Fsp3) is 0.480. The molecule has 2 aromatic rings. The van der Waals surface area contributed by atoms with Crippen LogP contribution in [0.1, 0.15) is 41.2 Å². The molecule has 3 N–H and O–H groups in total. The average molecular weight is 501 g/mol. The van der Waals surface area contributed by atoms with Crippen molar-refractivity contribution in [3.05, 3.63) is 52.9 Å². The number of ketones is 1. The van der Waals surface area contributed by atoms with Crippen molar-refractivity contribution in [2.45, 2.75) is 57.8 Å². The van der Waals surface area contributed by atoms with E-state index >= 15 is 0 Å². The third-order valence-corrected chi connectivity index (χ3v) is 5.86. The fourth-order valence-electron chi connectivity index (χ4n) is 3.52. The van der Waals surface area contributed by atoms with Gasteiger partial charge < -0.3 is 29.9 Å². The molecule has 194 valence electrons. The van der Waals surface area contributed by atoms with E-state index in [1.165, 1.54) is 20.1 Å². The van der Waals surface area contributed by atoms with Gasteiger partial charge in [0.15, 0.2) is 11.5 Å². The Morgan fingerprint density at radius 2 is 1.72 bits per heavy atom. The number of hydrogen-bond acceptors (Lipinski definition) is 8. The second-order valence-corrected chi connectivity index (χ2v) is 9.17. The summed E-state index contributed by atoms with van der Waals surface area (Å²) in [7, 11) is 1.38. The molecule has 36 heavy (non-hydrogen) atoms. The molecule has 0 radical (unpaired) electrons. The lowest BCUT2D eigenvalue weighted by atomic mass is 9.94. The summed E-state index contributed by atoms with van der Waals surface area (Å²) < 4.78 is 15.2. The van der Waals surface area contributed by atoms with Gasteiger partial charge in [-0.05, 0) is 39.7 Å². The number of aryl methyl sites for hydroxylation is 2. The molecule has 3 rings (SSSR count). The molecular formula is C25H32N4O7. The predicted octanol–water partition coefficient (Wildman–Crippen LogP) is 0.626. The van der Waals surface area contributed by atoms with Gasteiger partial charge >= 0.3 is 0 Å². The van der Waals surface area contributed by atoms with Crippen LogP contribution in [0.4, 0.5) is 0 Å². The van der Waals surface area contributed by atoms with Gasteiger partial charge in [-0.1, -0.05) is 35.0 Å². The molecule has 0 saturated carbocycles. The van der Waals surface area contributed by atoms with Crippen LogP contribution in [0.2, 0.25) is 0 Å². The number of carbonyl (C=O) groups excluding carboxylic acids is 4. The first kappa shape index (κ1) is 27.0. The molecular weight excluding hydrogens is 468 g/mol. The second kappa shape index (κ2) is 11.4. The molecule has 1 aliphatic rings. The molecule has 4 atom stereocenters. The highest BCUT2D eigenvalue weighted by atomic mass is 16.6. The van der Waals surface area contributed by atoms with Crippen molar-refractivity contribution in [2.24, 2.45) is 0 Å². The molecule has 11 heteroatoms. The van der Waals surface area contributed by atoms with Gasteiger partial charge in [-0.3, -0.25) is 19.2 Å². The van der Waals surface area contributed by atoms with Gasteiger partial charge in [-0.15, -0.1) is 0 Å². The van der Waals surface area contributed by atoms with Crippen LogP contribution in [0.5, 0.6) is 0 Å². The van der Waals surface area contributed by atoms with E-state index in [4.69, 9.17) is 14.0 Å². The zero-order chi connectivity index (χ0) is 26.5. The summed E-state index contributed by atoms with van der Waals surface area (Å²) in [5.74, 6) is -1.59. The fourth-order valence-corrected chi connectivity index (χ4v) is 3.52. The minimum Gasteiger partial charge on any atom is -0.382 e. The molecule has 1 aromatic heterocycles. The summed E-state index contributed by atoms with van der Waals surface area (Å²) in [6, 6.07) is 6.18. The number of epoxide rings is 1. The number of Topliss-reactive ketones (excluding diaryl/α,β-unsaturated/α-hetero) is 1. The largest absolute Gasteiger partial charge is 0.382 e. The van der Waals surface area contributed by atoms with Crippen molar-refractivity contribution in [1.29, 1.82) is 0 Å². The van der Waals surface area contributed by atoms with Gasteiger partial charge in [-0.25, -0.2) is 0 Å². The van der Waals surface area contributed by atoms with Gasteiger partial charge in [0.1, 0.15) is 23.4 Å². The Kier molecular flexibility index (Phi) is 8.59. The minimum atomic E-state index is -1.08. The highest BCUT2D eigenvalue weighted by Gasteiger charge is 2.50. The Balaban J connectivity index is 1.63. The number of amides is 3. The number of ether oxygens (including phenoxy) is 2. The average Bonchev–Trinajstić information content (AvgIpc) is 3.44. The maximum atomic E-state index is 13.0. The van der Waals surface area contributed by atoms with E-state index in [1.54, 1.807) is 13.8 Å². The molecule has 1 saturated heterocycles. The summed E-state index contributed by atoms with van der Waals surface area (Å²) >= 11 is 0. The first-order valence-electron chi connectivity index (χ1n) is 11.6. The third-order valence-electron chi connectivity index (χ3n) is 5.86. The van der Waals surface area contributed by atoms with Crippen LogP contribution < -0.4 is 16.0 Å². The Morgan fingerprint density at radius 1 is 1.06 bits per heavy atom. The SMILES string of the molecule is COCC(NC(=O)c1cc(C)on1)C(=O)N[C@@H](C)C(=O)NC(Cc1ccc(C)cc1)C(=O)C1(C)CO1. The van der Waals surface area contributed by atoms with Crippen molar-refractivity contribution in [1.82, 2.24) is 21.1 Å². The van der Waals surface area contributed by atoms with E-state index in [2.05, 4.69) is 21.1 Å². The van der Waals surface area contributed by atoms with Crippen LogP contribution in [-0.4, -0.2) is 72.7 Å². The van der Waals surface area contributed by atoms with E-state index in [-0.39, 0.29) is 24.5 Å². The summed E-state index contributed by atoms with van der Waals surface area (Å²) in [4.78, 5) is 51.2. The monoisotopic (exact) mass is 500 g/mol. The van der Waals surface area contributed by atoms with E-state index in [1.807, 2.05) is 31.2 Å². The van der Waals surface area contributed by atoms with Crippen LogP contribution >= 0.6 is 0 Å². The van der Waals surface area contributed by atoms with Gasteiger partial charge in [-0.2, -0.15) is 0 Å². The smallest absolute Gasteiger partial charge is 0.274 e. The summed E-state index contributed by atoms with van der Waals surface area (Å²) in [6.45, 7) is 6.93. The van der Waals surface area contributed by atoms with Crippen molar-refractivity contribution >= 4 is 23.5 Å². The Labute approximate surface area is 209 Å². The van der Waals surface area contributed by atoms with Crippen molar-refractivity contribution in [2.75, 3.05) is 20.3 Å². The van der Waals surface area contributed by atoms with E-state index in [0.717, 1.165) is 11.1 Å². The standard InChI is InChI=1S/C25H32N4O7/c1-14-6-8-17(9-7-14)11-18(21(30)25(4)13-35-25)27-22(31)16(3)26-24(33)20(12-34-5)28-23(32)19-10-15(2)36-29-19/h6-10,16,18,20H,11-13H2,1-5H3,(H,26,33)(H,27,31)(H,28,32)/t16-,18?,20?,25?/m0/s1. The number of methoxy groups -OCH3 is 1. The number of benzene rings is 1. The van der Waals surface area contributed by atoms with Gasteiger partial charge in [0, 0.05) is 13.2 Å². The maximum Gasteiger partial charge on any atom is 0.274 e. The van der Waals surface area contributed by atoms with E-state index < -0.39 is 41.4 Å². The first-order valence-corrected chi connectivity index (χ1v) is 11.6. The third kappa shape index (κ3) is 6.98. The lowest BCUT2D eigenvalue weighted by molar-refractivity contribution is -0.133. The van der Waals surface area contributed by atoms with Gasteiger partial charge in [0.25, 0.3) is 5.91 Å². The van der Waals surface area contributed by atoms with E-state index in [9.17, 15) is 19.2 Å². The quantitative estimate of drug-likeness (QED) is 0.359. The lowest BCUT2D eigenvalue weighted by Crippen LogP contribution is -2.56. The van der Waals surface area contributed by atoms with Crippen molar-refractivity contribution < 1.29 is 33.2 Å².